The van der Waals surface area contributed by atoms with Crippen molar-refractivity contribution in [1.29, 1.82) is 0 Å². The zero-order valence-electron chi connectivity index (χ0n) is 27.3. The van der Waals surface area contributed by atoms with Crippen molar-refractivity contribution < 1.29 is 4.74 Å². The van der Waals surface area contributed by atoms with E-state index >= 15 is 0 Å². The van der Waals surface area contributed by atoms with E-state index in [1.807, 2.05) is 36.4 Å². The maximum atomic E-state index is 6.75. The summed E-state index contributed by atoms with van der Waals surface area (Å²) in [6, 6.07) is 58.8. The monoisotopic (exact) mass is 644 g/mol. The molecule has 0 amide bonds. The van der Waals surface area contributed by atoms with Crippen LogP contribution < -0.4 is 9.64 Å². The molecule has 0 N–H and O–H groups in total. The molecule has 8 aromatic rings. The van der Waals surface area contributed by atoms with Gasteiger partial charge in [-0.15, -0.1) is 0 Å². The molecular weight excluding hydrogens is 613 g/mol. The van der Waals surface area contributed by atoms with Gasteiger partial charge in [0.1, 0.15) is 17.3 Å². The van der Waals surface area contributed by atoms with Gasteiger partial charge in [0.15, 0.2) is 0 Å². The number of anilines is 2. The van der Waals surface area contributed by atoms with Crippen LogP contribution in [0.15, 0.2) is 175 Å². The van der Waals surface area contributed by atoms with Crippen molar-refractivity contribution in [3.63, 3.8) is 0 Å². The Morgan fingerprint density at radius 3 is 2.02 bits per heavy atom. The van der Waals surface area contributed by atoms with Gasteiger partial charge in [-0.2, -0.15) is 0 Å². The van der Waals surface area contributed by atoms with Gasteiger partial charge in [0.25, 0.3) is 0 Å². The Labute approximate surface area is 291 Å². The first-order valence-corrected chi connectivity index (χ1v) is 16.7. The lowest BCUT2D eigenvalue weighted by Crippen LogP contribution is -2.16. The summed E-state index contributed by atoms with van der Waals surface area (Å²) in [6.45, 7) is 4.48. The Bertz CT molecular complexity index is 2520. The van der Waals surface area contributed by atoms with Gasteiger partial charge in [-0.25, -0.2) is 4.98 Å². The predicted octanol–water partition coefficient (Wildman–Crippen LogP) is 11.8. The summed E-state index contributed by atoms with van der Waals surface area (Å²) in [5.74, 6) is 2.52. The highest BCUT2D eigenvalue weighted by Crippen LogP contribution is 2.48. The summed E-state index contributed by atoms with van der Waals surface area (Å²) in [4.78, 5) is 11.8. The zero-order valence-corrected chi connectivity index (χ0v) is 27.3. The highest BCUT2D eigenvalue weighted by molar-refractivity contribution is 5.93. The van der Waals surface area contributed by atoms with Gasteiger partial charge in [0.2, 0.25) is 0 Å². The van der Waals surface area contributed by atoms with Gasteiger partial charge in [-0.05, 0) is 102 Å². The molecule has 1 aliphatic heterocycles. The first-order chi connectivity index (χ1) is 24.7. The Morgan fingerprint density at radius 2 is 1.24 bits per heavy atom. The summed E-state index contributed by atoms with van der Waals surface area (Å²) < 4.78 is 8.99. The van der Waals surface area contributed by atoms with E-state index in [2.05, 4.69) is 155 Å². The number of benzene rings is 7. The van der Waals surface area contributed by atoms with Gasteiger partial charge in [0, 0.05) is 34.6 Å². The molecule has 9 rings (SSSR count). The molecule has 0 saturated carbocycles. The third-order valence-electron chi connectivity index (χ3n) is 9.34. The van der Waals surface area contributed by atoms with Crippen LogP contribution in [0.2, 0.25) is 0 Å². The minimum absolute atomic E-state index is 0.638. The molecule has 0 fully saturated rings. The molecule has 2 heterocycles. The highest BCUT2D eigenvalue weighted by Gasteiger charge is 2.24. The maximum Gasteiger partial charge on any atom is 0.145 e. The average Bonchev–Trinajstić information content (AvgIpc) is 3.52. The molecule has 5 heteroatoms. The SMILES string of the molecule is C=Nc1ccccc1N(Cc1ccc2c(c1)-c1ccccc1-c1cc(-c3nc4ccccc4n3-c3ccccc3)ccc1O2)c1ccccc1. The lowest BCUT2D eigenvalue weighted by atomic mass is 9.93. The van der Waals surface area contributed by atoms with E-state index in [4.69, 9.17) is 9.72 Å². The number of hydrogen-bond donors (Lipinski definition) is 0. The fraction of sp³-hybridized carbons (Fsp3) is 0.0222. The minimum Gasteiger partial charge on any atom is -0.456 e. The second-order valence-corrected chi connectivity index (χ2v) is 12.4. The van der Waals surface area contributed by atoms with Crippen LogP contribution in [0, 0.1) is 0 Å². The Balaban J connectivity index is 1.15. The summed E-state index contributed by atoms with van der Waals surface area (Å²) in [5, 5.41) is 0. The molecule has 1 aromatic heterocycles. The Hall–Kier alpha value is -6.72. The smallest absolute Gasteiger partial charge is 0.145 e. The van der Waals surface area contributed by atoms with E-state index in [-0.39, 0.29) is 0 Å². The average molecular weight is 645 g/mol. The van der Waals surface area contributed by atoms with Crippen LogP contribution in [0.5, 0.6) is 11.5 Å². The predicted molar refractivity (Wildman–Crippen MR) is 205 cm³/mol. The van der Waals surface area contributed by atoms with Crippen molar-refractivity contribution in [1.82, 2.24) is 9.55 Å². The molecule has 7 aromatic carbocycles. The van der Waals surface area contributed by atoms with Crippen molar-refractivity contribution in [2.75, 3.05) is 4.90 Å². The molecule has 0 atom stereocenters. The van der Waals surface area contributed by atoms with Crippen molar-refractivity contribution >= 4 is 34.8 Å². The zero-order chi connectivity index (χ0) is 33.4. The lowest BCUT2D eigenvalue weighted by Gasteiger charge is -2.27. The number of hydrogen-bond acceptors (Lipinski definition) is 4. The Morgan fingerprint density at radius 1 is 0.600 bits per heavy atom. The van der Waals surface area contributed by atoms with Crippen LogP contribution in [0.3, 0.4) is 0 Å². The molecule has 50 heavy (non-hydrogen) atoms. The standard InChI is InChI=1S/C45H32N4O/c1-46-39-20-10-12-22-41(39)48(33-14-4-2-5-15-33)30-31-24-26-43-37(28-31)35-18-8-9-19-36(35)38-29-32(25-27-44(38)50-43)45-47-40-21-11-13-23-42(40)49(45)34-16-6-3-7-17-34/h2-29H,1,30H2. The molecule has 0 spiro atoms. The van der Waals surface area contributed by atoms with Crippen molar-refractivity contribution in [3.8, 4) is 50.8 Å². The molecule has 5 nitrogen and oxygen atoms in total. The third-order valence-corrected chi connectivity index (χ3v) is 9.34. The highest BCUT2D eigenvalue weighted by atomic mass is 16.5. The molecule has 238 valence electrons. The van der Waals surface area contributed by atoms with Crippen LogP contribution in [0.25, 0.3) is 50.4 Å². The number of para-hydroxylation sites is 6. The molecule has 0 unspecified atom stereocenters. The summed E-state index contributed by atoms with van der Waals surface area (Å²) >= 11 is 0. The van der Waals surface area contributed by atoms with Gasteiger partial charge in [-0.3, -0.25) is 9.56 Å². The number of ether oxygens (including phenoxy) is 1. The molecular formula is C45H32N4O. The lowest BCUT2D eigenvalue weighted by molar-refractivity contribution is 0.487. The van der Waals surface area contributed by atoms with Crippen LogP contribution in [0.4, 0.5) is 17.1 Å². The number of fused-ring (bicyclic) bond motifs is 6. The van der Waals surface area contributed by atoms with Crippen LogP contribution in [0.1, 0.15) is 5.56 Å². The fourth-order valence-electron chi connectivity index (χ4n) is 7.01. The van der Waals surface area contributed by atoms with E-state index < -0.39 is 0 Å². The first-order valence-electron chi connectivity index (χ1n) is 16.7. The van der Waals surface area contributed by atoms with E-state index in [9.17, 15) is 0 Å². The number of aromatic nitrogens is 2. The van der Waals surface area contributed by atoms with Crippen LogP contribution in [-0.4, -0.2) is 16.3 Å². The van der Waals surface area contributed by atoms with Gasteiger partial charge < -0.3 is 9.64 Å². The number of imidazole rings is 1. The largest absolute Gasteiger partial charge is 0.456 e. The van der Waals surface area contributed by atoms with Crippen molar-refractivity contribution in [2.24, 2.45) is 4.99 Å². The quantitative estimate of drug-likeness (QED) is 0.162. The number of rotatable bonds is 7. The Kier molecular flexibility index (Phi) is 7.29. The van der Waals surface area contributed by atoms with Gasteiger partial charge in [-0.1, -0.05) is 91.0 Å². The third kappa shape index (κ3) is 5.13. The van der Waals surface area contributed by atoms with E-state index in [1.165, 1.54) is 0 Å². The molecule has 0 saturated heterocycles. The maximum absolute atomic E-state index is 6.75. The topological polar surface area (TPSA) is 42.7 Å². The molecule has 0 bridgehead atoms. The van der Waals surface area contributed by atoms with Crippen LogP contribution in [-0.2, 0) is 6.54 Å². The molecule has 0 aliphatic carbocycles. The van der Waals surface area contributed by atoms with Gasteiger partial charge >= 0.3 is 0 Å². The second-order valence-electron chi connectivity index (χ2n) is 12.4. The number of nitrogens with zero attached hydrogens (tertiary/aromatic N) is 4. The summed E-state index contributed by atoms with van der Waals surface area (Å²) in [7, 11) is 0. The molecule has 1 aliphatic rings. The van der Waals surface area contributed by atoms with E-state index in [0.717, 1.165) is 84.5 Å². The van der Waals surface area contributed by atoms with E-state index in [1.54, 1.807) is 0 Å². The fourth-order valence-corrected chi connectivity index (χ4v) is 7.01. The van der Waals surface area contributed by atoms with E-state index in [0.29, 0.717) is 6.54 Å². The minimum atomic E-state index is 0.638. The van der Waals surface area contributed by atoms with Crippen molar-refractivity contribution in [3.05, 3.63) is 175 Å². The van der Waals surface area contributed by atoms with Gasteiger partial charge in [0.05, 0.1) is 22.4 Å². The molecule has 0 radical (unpaired) electrons. The summed E-state index contributed by atoms with van der Waals surface area (Å²) in [5.41, 5.74) is 12.5. The summed E-state index contributed by atoms with van der Waals surface area (Å²) in [6.07, 6.45) is 0. The van der Waals surface area contributed by atoms with Crippen LogP contribution >= 0.6 is 0 Å². The first kappa shape index (κ1) is 29.4. The number of aliphatic imine (C=N–C) groups is 1. The normalized spacial score (nSPS) is 11.5. The second kappa shape index (κ2) is 12.4. The van der Waals surface area contributed by atoms with Crippen molar-refractivity contribution in [2.45, 2.75) is 6.54 Å².